The Morgan fingerprint density at radius 3 is 1.12 bits per heavy atom. The molecule has 0 bridgehead atoms. The second-order valence-corrected chi connectivity index (χ2v) is 14.3. The van der Waals surface area contributed by atoms with Crippen molar-refractivity contribution < 1.29 is 26.6 Å². The minimum absolute atomic E-state index is 0.850. The molecule has 5 rings (SSSR count). The molecule has 0 N–H and O–H groups in total. The summed E-state index contributed by atoms with van der Waals surface area (Å²) in [6.45, 7) is 0. The molecular formula is C32H30O6Si2. The summed E-state index contributed by atoms with van der Waals surface area (Å²) in [6, 6.07) is 25.2. The van der Waals surface area contributed by atoms with Gasteiger partial charge in [-0.25, -0.2) is 0 Å². The monoisotopic (exact) mass is 566 g/mol. The van der Waals surface area contributed by atoms with Gasteiger partial charge in [0, 0.05) is 53.8 Å². The molecular weight excluding hydrogens is 537 g/mol. The molecule has 0 atom stereocenters. The van der Waals surface area contributed by atoms with E-state index in [2.05, 4.69) is 83.6 Å². The molecule has 0 fully saturated rings. The fourth-order valence-corrected chi connectivity index (χ4v) is 7.14. The standard InChI is InChI=1S/C32H30O6Si2/c1-33-39(34-2,35-3)17-15-29-27-13-9-10-14-28(27)30(16-18-40(36-4,37-5)38-6)32-22-26-20-24-12-8-7-11-23(24)19-25(26)21-31(29)32/h7-14,19-22H,1-6H3. The van der Waals surface area contributed by atoms with Crippen molar-refractivity contribution >= 4 is 60.7 Å². The number of benzene rings is 5. The zero-order valence-electron chi connectivity index (χ0n) is 23.4. The summed E-state index contributed by atoms with van der Waals surface area (Å²) in [5, 5.41) is 8.38. The second kappa shape index (κ2) is 11.5. The highest BCUT2D eigenvalue weighted by Gasteiger charge is 2.37. The molecule has 0 saturated heterocycles. The molecule has 5 aromatic carbocycles. The topological polar surface area (TPSA) is 55.4 Å². The predicted octanol–water partition coefficient (Wildman–Crippen LogP) is 5.84. The van der Waals surface area contributed by atoms with Crippen LogP contribution in [0, 0.1) is 22.9 Å². The first kappa shape index (κ1) is 28.0. The van der Waals surface area contributed by atoms with Crippen molar-refractivity contribution in [2.75, 3.05) is 42.7 Å². The molecule has 5 aromatic rings. The zero-order chi connectivity index (χ0) is 28.3. The van der Waals surface area contributed by atoms with Crippen molar-refractivity contribution in [3.8, 4) is 22.9 Å². The fraction of sp³-hybridized carbons (Fsp3) is 0.188. The molecule has 0 aliphatic carbocycles. The number of fused-ring (bicyclic) bond motifs is 4. The van der Waals surface area contributed by atoms with Gasteiger partial charge in [0.1, 0.15) is 0 Å². The molecule has 202 valence electrons. The van der Waals surface area contributed by atoms with Crippen molar-refractivity contribution in [2.24, 2.45) is 0 Å². The van der Waals surface area contributed by atoms with Crippen LogP contribution in [0.5, 0.6) is 0 Å². The minimum atomic E-state index is -3.17. The maximum atomic E-state index is 5.60. The molecule has 0 saturated carbocycles. The van der Waals surface area contributed by atoms with Gasteiger partial charge >= 0.3 is 17.6 Å². The van der Waals surface area contributed by atoms with Crippen molar-refractivity contribution in [2.45, 2.75) is 0 Å². The van der Waals surface area contributed by atoms with Crippen LogP contribution in [0.2, 0.25) is 0 Å². The van der Waals surface area contributed by atoms with Crippen LogP contribution in [-0.4, -0.2) is 60.3 Å². The average molecular weight is 567 g/mol. The second-order valence-electron chi connectivity index (χ2n) is 9.08. The zero-order valence-corrected chi connectivity index (χ0v) is 25.4. The SMILES string of the molecule is CO[Si](C#Cc1c2ccccc2c(C#C[Si](OC)(OC)OC)c2cc3cc4ccccc4cc3cc12)(OC)OC. The van der Waals surface area contributed by atoms with Gasteiger partial charge in [-0.3, -0.25) is 0 Å². The molecule has 0 unspecified atom stereocenters. The van der Waals surface area contributed by atoms with Crippen molar-refractivity contribution in [3.63, 3.8) is 0 Å². The average Bonchev–Trinajstić information content (AvgIpc) is 3.01. The lowest BCUT2D eigenvalue weighted by Crippen LogP contribution is -2.41. The normalized spacial score (nSPS) is 11.9. The smallest absolute Gasteiger partial charge is 0.367 e. The Labute approximate surface area is 236 Å². The molecule has 0 radical (unpaired) electrons. The van der Waals surface area contributed by atoms with Gasteiger partial charge in [-0.2, -0.15) is 0 Å². The summed E-state index contributed by atoms with van der Waals surface area (Å²) >= 11 is 0. The van der Waals surface area contributed by atoms with Crippen LogP contribution >= 0.6 is 0 Å². The largest absolute Gasteiger partial charge is 0.591 e. The van der Waals surface area contributed by atoms with E-state index in [0.29, 0.717) is 0 Å². The van der Waals surface area contributed by atoms with E-state index in [-0.39, 0.29) is 0 Å². The van der Waals surface area contributed by atoms with Gasteiger partial charge in [0.25, 0.3) is 0 Å². The highest BCUT2D eigenvalue weighted by Crippen LogP contribution is 2.36. The van der Waals surface area contributed by atoms with E-state index in [1.165, 1.54) is 10.8 Å². The maximum absolute atomic E-state index is 5.60. The van der Waals surface area contributed by atoms with Crippen LogP contribution in [0.3, 0.4) is 0 Å². The van der Waals surface area contributed by atoms with E-state index in [0.717, 1.165) is 43.4 Å². The molecule has 0 aromatic heterocycles. The fourth-order valence-electron chi connectivity index (χ4n) is 4.97. The van der Waals surface area contributed by atoms with Crippen LogP contribution in [-0.2, 0) is 26.6 Å². The van der Waals surface area contributed by atoms with E-state index in [4.69, 9.17) is 26.6 Å². The quantitative estimate of drug-likeness (QED) is 0.146. The maximum Gasteiger partial charge on any atom is 0.591 e. The number of hydrogen-bond acceptors (Lipinski definition) is 6. The van der Waals surface area contributed by atoms with Crippen molar-refractivity contribution in [3.05, 3.63) is 83.9 Å². The molecule has 0 aliphatic rings. The highest BCUT2D eigenvalue weighted by molar-refractivity contribution is 6.70. The molecule has 0 spiro atoms. The molecule has 8 heteroatoms. The summed E-state index contributed by atoms with van der Waals surface area (Å²) in [7, 11) is 2.99. The third-order valence-corrected chi connectivity index (χ3v) is 11.2. The van der Waals surface area contributed by atoms with Crippen LogP contribution in [0.25, 0.3) is 43.1 Å². The first-order valence-electron chi connectivity index (χ1n) is 12.6. The van der Waals surface area contributed by atoms with Gasteiger partial charge in [0.2, 0.25) is 0 Å². The first-order chi connectivity index (χ1) is 19.5. The van der Waals surface area contributed by atoms with Crippen LogP contribution in [0.1, 0.15) is 11.1 Å². The summed E-state index contributed by atoms with van der Waals surface area (Å²) in [5.74, 6) is 6.76. The lowest BCUT2D eigenvalue weighted by molar-refractivity contribution is 0.141. The Balaban J connectivity index is 1.94. The van der Waals surface area contributed by atoms with E-state index in [1.54, 1.807) is 42.7 Å². The molecule has 40 heavy (non-hydrogen) atoms. The lowest BCUT2D eigenvalue weighted by Gasteiger charge is -2.18. The number of hydrogen-bond donors (Lipinski definition) is 0. The predicted molar refractivity (Wildman–Crippen MR) is 164 cm³/mol. The Hall–Kier alpha value is -3.55. The van der Waals surface area contributed by atoms with Crippen molar-refractivity contribution in [1.29, 1.82) is 0 Å². The summed E-state index contributed by atoms with van der Waals surface area (Å²) < 4.78 is 33.6. The first-order valence-corrected chi connectivity index (χ1v) is 16.1. The minimum Gasteiger partial charge on any atom is -0.367 e. The van der Waals surface area contributed by atoms with Gasteiger partial charge in [0.05, 0.1) is 0 Å². The third-order valence-electron chi connectivity index (χ3n) is 7.14. The molecule has 6 nitrogen and oxygen atoms in total. The summed E-state index contributed by atoms with van der Waals surface area (Å²) in [6.07, 6.45) is 0. The van der Waals surface area contributed by atoms with Gasteiger partial charge in [-0.05, 0) is 78.4 Å². The molecule has 0 heterocycles. The van der Waals surface area contributed by atoms with Crippen molar-refractivity contribution in [1.82, 2.24) is 0 Å². The lowest BCUT2D eigenvalue weighted by atomic mass is 9.90. The summed E-state index contributed by atoms with van der Waals surface area (Å²) in [5.41, 5.74) is 8.09. The van der Waals surface area contributed by atoms with Gasteiger partial charge in [-0.1, -0.05) is 60.4 Å². The van der Waals surface area contributed by atoms with Gasteiger partial charge in [-0.15, -0.1) is 0 Å². The van der Waals surface area contributed by atoms with E-state index in [9.17, 15) is 0 Å². The van der Waals surface area contributed by atoms with E-state index in [1.807, 2.05) is 12.1 Å². The Morgan fingerprint density at radius 2 is 0.775 bits per heavy atom. The van der Waals surface area contributed by atoms with Gasteiger partial charge in [0.15, 0.2) is 0 Å². The van der Waals surface area contributed by atoms with E-state index >= 15 is 0 Å². The third kappa shape index (κ3) is 4.93. The summed E-state index contributed by atoms with van der Waals surface area (Å²) in [4.78, 5) is 0. The number of rotatable bonds is 6. The van der Waals surface area contributed by atoms with Crippen LogP contribution in [0.4, 0.5) is 0 Å². The molecule has 0 amide bonds. The van der Waals surface area contributed by atoms with Crippen LogP contribution in [0.15, 0.2) is 72.8 Å². The Kier molecular flexibility index (Phi) is 8.06. The Morgan fingerprint density at radius 1 is 0.425 bits per heavy atom. The highest BCUT2D eigenvalue weighted by atomic mass is 28.4. The van der Waals surface area contributed by atoms with E-state index < -0.39 is 17.6 Å². The van der Waals surface area contributed by atoms with Gasteiger partial charge < -0.3 is 26.6 Å². The molecule has 0 aliphatic heterocycles. The Bertz CT molecular complexity index is 1700. The van der Waals surface area contributed by atoms with Crippen LogP contribution < -0.4 is 0 Å².